The smallest absolute Gasteiger partial charge is 0.311 e. The summed E-state index contributed by atoms with van der Waals surface area (Å²) in [5, 5.41) is 20.8. The zero-order valence-corrected chi connectivity index (χ0v) is 12.0. The number of ether oxygens (including phenoxy) is 1. The van der Waals surface area contributed by atoms with E-state index in [-0.39, 0.29) is 11.4 Å². The summed E-state index contributed by atoms with van der Waals surface area (Å²) in [7, 11) is 1.41. The third kappa shape index (κ3) is 3.41. The average Bonchev–Trinajstić information content (AvgIpc) is 2.94. The Balaban J connectivity index is 2.21. The molecular weight excluding hydrogens is 272 g/mol. The third-order valence-corrected chi connectivity index (χ3v) is 3.35. The summed E-state index contributed by atoms with van der Waals surface area (Å²) in [6.45, 7) is 2.41. The first-order chi connectivity index (χ1) is 10.0. The molecule has 0 aliphatic heterocycles. The van der Waals surface area contributed by atoms with Crippen molar-refractivity contribution < 1.29 is 14.8 Å². The zero-order valence-electron chi connectivity index (χ0n) is 12.0. The van der Waals surface area contributed by atoms with Gasteiger partial charge in [0.15, 0.2) is 5.75 Å². The van der Waals surface area contributed by atoms with Crippen molar-refractivity contribution >= 4 is 5.69 Å². The molecule has 1 aromatic carbocycles. The Kier molecular flexibility index (Phi) is 4.59. The average molecular weight is 290 g/mol. The van der Waals surface area contributed by atoms with Crippen LogP contribution >= 0.6 is 0 Å². The number of methoxy groups -OCH3 is 1. The summed E-state index contributed by atoms with van der Waals surface area (Å²) in [5.41, 5.74) is 1.60. The molecular formula is C15H18N2O4. The molecule has 6 nitrogen and oxygen atoms in total. The van der Waals surface area contributed by atoms with Crippen LogP contribution in [0.3, 0.4) is 0 Å². The Labute approximate surface area is 122 Å². The molecule has 0 bridgehead atoms. The Morgan fingerprint density at radius 1 is 1.43 bits per heavy atom. The molecule has 0 amide bonds. The highest BCUT2D eigenvalue weighted by atomic mass is 16.6. The number of nitro benzene ring substituents is 1. The lowest BCUT2D eigenvalue weighted by Gasteiger charge is -2.07. The molecule has 0 radical (unpaired) electrons. The van der Waals surface area contributed by atoms with Crippen LogP contribution in [0.2, 0.25) is 0 Å². The minimum Gasteiger partial charge on any atom is -0.490 e. The van der Waals surface area contributed by atoms with Gasteiger partial charge in [-0.2, -0.15) is 0 Å². The van der Waals surface area contributed by atoms with Gasteiger partial charge in [0, 0.05) is 25.0 Å². The maximum atomic E-state index is 11.0. The van der Waals surface area contributed by atoms with Crippen LogP contribution in [-0.4, -0.2) is 21.7 Å². The molecule has 0 fully saturated rings. The van der Waals surface area contributed by atoms with Crippen LogP contribution in [0.5, 0.6) is 5.75 Å². The number of nitro groups is 1. The normalized spacial score (nSPS) is 12.1. The Morgan fingerprint density at radius 3 is 2.81 bits per heavy atom. The van der Waals surface area contributed by atoms with Gasteiger partial charge in [-0.05, 0) is 29.7 Å². The van der Waals surface area contributed by atoms with Crippen molar-refractivity contribution in [3.63, 3.8) is 0 Å². The minimum atomic E-state index is -0.476. The Morgan fingerprint density at radius 2 is 2.19 bits per heavy atom. The predicted molar refractivity (Wildman–Crippen MR) is 78.4 cm³/mol. The van der Waals surface area contributed by atoms with Crippen LogP contribution in [0, 0.1) is 10.1 Å². The first-order valence-corrected chi connectivity index (χ1v) is 6.70. The molecule has 0 aliphatic carbocycles. The van der Waals surface area contributed by atoms with Gasteiger partial charge in [0.1, 0.15) is 0 Å². The summed E-state index contributed by atoms with van der Waals surface area (Å²) in [4.78, 5) is 10.5. The lowest BCUT2D eigenvalue weighted by atomic mass is 10.1. The lowest BCUT2D eigenvalue weighted by molar-refractivity contribution is -0.385. The molecule has 2 aromatic rings. The standard InChI is InChI=1S/C15H18N2O4/c1-3-14(18)12-6-7-16(10-12)9-11-4-5-15(21-2)13(8-11)17(19)20/h4-8,10,14,18H,3,9H2,1-2H3. The maximum Gasteiger partial charge on any atom is 0.311 e. The number of hydrogen-bond acceptors (Lipinski definition) is 4. The number of nitrogens with zero attached hydrogens (tertiary/aromatic N) is 2. The molecule has 0 saturated carbocycles. The van der Waals surface area contributed by atoms with Gasteiger partial charge >= 0.3 is 5.69 Å². The molecule has 112 valence electrons. The van der Waals surface area contributed by atoms with Crippen molar-refractivity contribution in [2.24, 2.45) is 0 Å². The zero-order chi connectivity index (χ0) is 15.4. The first-order valence-electron chi connectivity index (χ1n) is 6.70. The molecule has 1 N–H and O–H groups in total. The van der Waals surface area contributed by atoms with Crippen LogP contribution in [0.25, 0.3) is 0 Å². The largest absolute Gasteiger partial charge is 0.490 e. The number of hydrogen-bond donors (Lipinski definition) is 1. The number of benzene rings is 1. The van der Waals surface area contributed by atoms with Crippen LogP contribution in [0.15, 0.2) is 36.7 Å². The van der Waals surface area contributed by atoms with Crippen LogP contribution in [-0.2, 0) is 6.54 Å². The predicted octanol–water partition coefficient (Wildman–Crippen LogP) is 2.90. The van der Waals surface area contributed by atoms with E-state index in [0.29, 0.717) is 13.0 Å². The van der Waals surface area contributed by atoms with Gasteiger partial charge in [0.05, 0.1) is 18.1 Å². The van der Waals surface area contributed by atoms with E-state index in [1.54, 1.807) is 12.1 Å². The van der Waals surface area contributed by atoms with Crippen LogP contribution < -0.4 is 4.74 Å². The number of aromatic nitrogens is 1. The van der Waals surface area contributed by atoms with Crippen LogP contribution in [0.1, 0.15) is 30.6 Å². The van der Waals surface area contributed by atoms with Gasteiger partial charge in [0.2, 0.25) is 0 Å². The molecule has 2 rings (SSSR count). The van der Waals surface area contributed by atoms with E-state index >= 15 is 0 Å². The fourth-order valence-electron chi connectivity index (χ4n) is 2.18. The highest BCUT2D eigenvalue weighted by molar-refractivity contribution is 5.48. The molecule has 21 heavy (non-hydrogen) atoms. The highest BCUT2D eigenvalue weighted by Crippen LogP contribution is 2.28. The van der Waals surface area contributed by atoms with E-state index in [9.17, 15) is 15.2 Å². The van der Waals surface area contributed by atoms with Crippen molar-refractivity contribution in [3.05, 3.63) is 57.9 Å². The molecule has 1 heterocycles. The van der Waals surface area contributed by atoms with Crippen LogP contribution in [0.4, 0.5) is 5.69 Å². The van der Waals surface area contributed by atoms with E-state index in [0.717, 1.165) is 11.1 Å². The Bertz CT molecular complexity index is 636. The second kappa shape index (κ2) is 6.41. The summed E-state index contributed by atoms with van der Waals surface area (Å²) in [6, 6.07) is 6.75. The topological polar surface area (TPSA) is 77.5 Å². The van der Waals surface area contributed by atoms with Gasteiger partial charge < -0.3 is 14.4 Å². The van der Waals surface area contributed by atoms with E-state index < -0.39 is 11.0 Å². The van der Waals surface area contributed by atoms with E-state index in [4.69, 9.17) is 4.74 Å². The minimum absolute atomic E-state index is 0.0454. The highest BCUT2D eigenvalue weighted by Gasteiger charge is 2.15. The fraction of sp³-hybridized carbons (Fsp3) is 0.333. The molecule has 0 spiro atoms. The molecule has 0 saturated heterocycles. The third-order valence-electron chi connectivity index (χ3n) is 3.35. The maximum absolute atomic E-state index is 11.0. The molecule has 1 unspecified atom stereocenters. The monoisotopic (exact) mass is 290 g/mol. The van der Waals surface area contributed by atoms with Crippen molar-refractivity contribution in [2.75, 3.05) is 7.11 Å². The van der Waals surface area contributed by atoms with E-state index in [1.807, 2.05) is 30.0 Å². The number of rotatable bonds is 6. The molecule has 1 aromatic heterocycles. The number of aliphatic hydroxyl groups is 1. The quantitative estimate of drug-likeness (QED) is 0.655. The van der Waals surface area contributed by atoms with Crippen molar-refractivity contribution in [2.45, 2.75) is 26.0 Å². The lowest BCUT2D eigenvalue weighted by Crippen LogP contribution is -2.00. The second-order valence-electron chi connectivity index (χ2n) is 4.80. The van der Waals surface area contributed by atoms with Crippen molar-refractivity contribution in [3.8, 4) is 5.75 Å². The molecule has 0 aliphatic rings. The van der Waals surface area contributed by atoms with Crippen molar-refractivity contribution in [1.29, 1.82) is 0 Å². The molecule has 6 heteroatoms. The SMILES string of the molecule is CCC(O)c1ccn(Cc2ccc(OC)c([N+](=O)[O-])c2)c1. The Hall–Kier alpha value is -2.34. The fourth-order valence-corrected chi connectivity index (χ4v) is 2.18. The summed E-state index contributed by atoms with van der Waals surface area (Å²) in [6.07, 6.45) is 3.88. The summed E-state index contributed by atoms with van der Waals surface area (Å²) < 4.78 is 6.87. The van der Waals surface area contributed by atoms with Gasteiger partial charge in [-0.25, -0.2) is 0 Å². The van der Waals surface area contributed by atoms with Gasteiger partial charge in [-0.15, -0.1) is 0 Å². The van der Waals surface area contributed by atoms with Gasteiger partial charge in [-0.3, -0.25) is 10.1 Å². The summed E-state index contributed by atoms with van der Waals surface area (Å²) >= 11 is 0. The second-order valence-corrected chi connectivity index (χ2v) is 4.80. The van der Waals surface area contributed by atoms with Gasteiger partial charge in [0.25, 0.3) is 0 Å². The van der Waals surface area contributed by atoms with Crippen molar-refractivity contribution in [1.82, 2.24) is 4.57 Å². The van der Waals surface area contributed by atoms with Gasteiger partial charge in [-0.1, -0.05) is 13.0 Å². The summed E-state index contributed by atoms with van der Waals surface area (Å²) in [5.74, 6) is 0.248. The van der Waals surface area contributed by atoms with E-state index in [1.165, 1.54) is 13.2 Å². The first kappa shape index (κ1) is 15.1. The number of aliphatic hydroxyl groups excluding tert-OH is 1. The van der Waals surface area contributed by atoms with E-state index in [2.05, 4.69) is 0 Å². The molecule has 1 atom stereocenters.